The molecule has 0 spiro atoms. The Balaban J connectivity index is 1.93. The molecule has 3 atom stereocenters. The van der Waals surface area contributed by atoms with E-state index < -0.39 is 11.7 Å². The number of fused-ring (bicyclic) bond motifs is 1. The van der Waals surface area contributed by atoms with Gasteiger partial charge in [-0.05, 0) is 63.1 Å². The van der Waals surface area contributed by atoms with Gasteiger partial charge in [0.05, 0.1) is 12.1 Å². The summed E-state index contributed by atoms with van der Waals surface area (Å²) in [6.45, 7) is 10.2. The first-order valence-electron chi connectivity index (χ1n) is 10.7. The SMILES string of the molecule is CC(C)C(O)C1CC(=O)Nc2ccc(C3CCCCN3C(=O)OC(C)(C)C)cc21. The molecule has 2 heterocycles. The fourth-order valence-corrected chi connectivity index (χ4v) is 4.31. The van der Waals surface area contributed by atoms with Crippen molar-refractivity contribution in [1.82, 2.24) is 4.90 Å². The molecule has 1 aromatic carbocycles. The van der Waals surface area contributed by atoms with Crippen LogP contribution in [0.3, 0.4) is 0 Å². The first kappa shape index (κ1) is 21.6. The van der Waals surface area contributed by atoms with Crippen molar-refractivity contribution in [2.24, 2.45) is 5.92 Å². The van der Waals surface area contributed by atoms with E-state index in [9.17, 15) is 14.7 Å². The topological polar surface area (TPSA) is 78.9 Å². The number of nitrogens with zero attached hydrogens (tertiary/aromatic N) is 1. The maximum Gasteiger partial charge on any atom is 0.410 e. The number of piperidine rings is 1. The molecule has 6 heteroatoms. The Morgan fingerprint density at radius 2 is 2.00 bits per heavy atom. The van der Waals surface area contributed by atoms with Gasteiger partial charge in [-0.15, -0.1) is 0 Å². The summed E-state index contributed by atoms with van der Waals surface area (Å²) in [6, 6.07) is 5.90. The van der Waals surface area contributed by atoms with E-state index in [1.807, 2.05) is 51.7 Å². The van der Waals surface area contributed by atoms with Gasteiger partial charge >= 0.3 is 6.09 Å². The van der Waals surface area contributed by atoms with Gasteiger partial charge in [-0.2, -0.15) is 0 Å². The molecule has 6 nitrogen and oxygen atoms in total. The molecular weight excluding hydrogens is 368 g/mol. The zero-order valence-corrected chi connectivity index (χ0v) is 18.2. The summed E-state index contributed by atoms with van der Waals surface area (Å²) in [4.78, 5) is 26.8. The number of hydrogen-bond donors (Lipinski definition) is 2. The van der Waals surface area contributed by atoms with E-state index in [1.165, 1.54) is 0 Å². The van der Waals surface area contributed by atoms with Crippen LogP contribution >= 0.6 is 0 Å². The molecule has 0 bridgehead atoms. The van der Waals surface area contributed by atoms with E-state index in [4.69, 9.17) is 4.74 Å². The number of likely N-dealkylation sites (tertiary alicyclic amines) is 1. The van der Waals surface area contributed by atoms with Gasteiger partial charge in [0.15, 0.2) is 0 Å². The van der Waals surface area contributed by atoms with E-state index in [1.54, 1.807) is 0 Å². The van der Waals surface area contributed by atoms with Gasteiger partial charge in [0.25, 0.3) is 0 Å². The largest absolute Gasteiger partial charge is 0.444 e. The highest BCUT2D eigenvalue weighted by molar-refractivity contribution is 5.95. The second-order valence-electron chi connectivity index (χ2n) is 9.63. The number of rotatable bonds is 3. The smallest absolute Gasteiger partial charge is 0.410 e. The van der Waals surface area contributed by atoms with E-state index in [0.717, 1.165) is 36.1 Å². The fourth-order valence-electron chi connectivity index (χ4n) is 4.31. The molecule has 0 aromatic heterocycles. The van der Waals surface area contributed by atoms with Crippen molar-refractivity contribution in [3.63, 3.8) is 0 Å². The van der Waals surface area contributed by atoms with Gasteiger partial charge < -0.3 is 20.1 Å². The lowest BCUT2D eigenvalue weighted by Gasteiger charge is -2.38. The lowest BCUT2D eigenvalue weighted by molar-refractivity contribution is -0.117. The maximum absolute atomic E-state index is 12.8. The first-order valence-corrected chi connectivity index (χ1v) is 10.7. The van der Waals surface area contributed by atoms with Crippen LogP contribution in [0, 0.1) is 5.92 Å². The Bertz CT molecular complexity index is 769. The van der Waals surface area contributed by atoms with Crippen molar-refractivity contribution < 1.29 is 19.4 Å². The number of aliphatic hydroxyl groups is 1. The van der Waals surface area contributed by atoms with E-state index in [0.29, 0.717) is 6.54 Å². The summed E-state index contributed by atoms with van der Waals surface area (Å²) in [5, 5.41) is 13.6. The average Bonchev–Trinajstić information content (AvgIpc) is 2.65. The van der Waals surface area contributed by atoms with Crippen molar-refractivity contribution in [1.29, 1.82) is 0 Å². The summed E-state index contributed by atoms with van der Waals surface area (Å²) < 4.78 is 5.64. The number of hydrogen-bond acceptors (Lipinski definition) is 4. The lowest BCUT2D eigenvalue weighted by Crippen LogP contribution is -2.42. The molecule has 0 aliphatic carbocycles. The summed E-state index contributed by atoms with van der Waals surface area (Å²) >= 11 is 0. The van der Waals surface area contributed by atoms with Crippen LogP contribution in [0.2, 0.25) is 0 Å². The van der Waals surface area contributed by atoms with Gasteiger partial charge in [-0.1, -0.05) is 26.0 Å². The molecule has 1 fully saturated rings. The molecule has 2 amide bonds. The number of anilines is 1. The molecule has 1 saturated heterocycles. The summed E-state index contributed by atoms with van der Waals surface area (Å²) in [7, 11) is 0. The van der Waals surface area contributed by atoms with Crippen molar-refractivity contribution in [2.75, 3.05) is 11.9 Å². The van der Waals surface area contributed by atoms with Crippen molar-refractivity contribution in [3.8, 4) is 0 Å². The molecule has 0 saturated carbocycles. The fraction of sp³-hybridized carbons (Fsp3) is 0.652. The Morgan fingerprint density at radius 3 is 2.66 bits per heavy atom. The Morgan fingerprint density at radius 1 is 1.28 bits per heavy atom. The zero-order valence-electron chi connectivity index (χ0n) is 18.2. The van der Waals surface area contributed by atoms with Crippen LogP contribution < -0.4 is 5.32 Å². The standard InChI is InChI=1S/C23H34N2O4/c1-14(2)21(27)17-13-20(26)24-18-10-9-15(12-16(17)18)19-8-6-7-11-25(19)22(28)29-23(3,4)5/h9-10,12,14,17,19,21,27H,6-8,11,13H2,1-5H3,(H,24,26). The normalized spacial score (nSPS) is 23.4. The maximum atomic E-state index is 12.8. The minimum atomic E-state index is -0.594. The highest BCUT2D eigenvalue weighted by Gasteiger charge is 2.35. The summed E-state index contributed by atoms with van der Waals surface area (Å²) in [5.74, 6) is -0.254. The van der Waals surface area contributed by atoms with Gasteiger partial charge in [0.2, 0.25) is 5.91 Å². The molecule has 2 aliphatic rings. The monoisotopic (exact) mass is 402 g/mol. The number of ether oxygens (including phenoxy) is 1. The van der Waals surface area contributed by atoms with E-state index >= 15 is 0 Å². The molecule has 2 aliphatic heterocycles. The predicted octanol–water partition coefficient (Wildman–Crippen LogP) is 4.59. The average molecular weight is 403 g/mol. The van der Waals surface area contributed by atoms with Crippen LogP contribution in [-0.2, 0) is 9.53 Å². The second kappa shape index (κ2) is 8.34. The van der Waals surface area contributed by atoms with Gasteiger partial charge in [0.1, 0.15) is 5.60 Å². The Hall–Kier alpha value is -2.08. The molecular formula is C23H34N2O4. The van der Waals surface area contributed by atoms with E-state index in [-0.39, 0.29) is 36.3 Å². The number of carbonyl (C=O) groups excluding carboxylic acids is 2. The van der Waals surface area contributed by atoms with Crippen molar-refractivity contribution in [3.05, 3.63) is 29.3 Å². The molecule has 2 N–H and O–H groups in total. The Labute approximate surface area is 173 Å². The number of aliphatic hydroxyl groups excluding tert-OH is 1. The van der Waals surface area contributed by atoms with Crippen LogP contribution in [0.4, 0.5) is 10.5 Å². The van der Waals surface area contributed by atoms with Crippen LogP contribution in [0.5, 0.6) is 0 Å². The van der Waals surface area contributed by atoms with Gasteiger partial charge in [-0.3, -0.25) is 4.79 Å². The quantitative estimate of drug-likeness (QED) is 0.775. The van der Waals surface area contributed by atoms with Gasteiger partial charge in [-0.25, -0.2) is 4.79 Å². The number of nitrogens with one attached hydrogen (secondary N) is 1. The van der Waals surface area contributed by atoms with Gasteiger partial charge in [0, 0.05) is 24.6 Å². The van der Waals surface area contributed by atoms with Crippen molar-refractivity contribution >= 4 is 17.7 Å². The Kier molecular flexibility index (Phi) is 6.22. The van der Waals surface area contributed by atoms with E-state index in [2.05, 4.69) is 11.4 Å². The third-order valence-corrected chi connectivity index (χ3v) is 5.77. The predicted molar refractivity (Wildman–Crippen MR) is 113 cm³/mol. The minimum Gasteiger partial charge on any atom is -0.444 e. The molecule has 160 valence electrons. The number of amides is 2. The molecule has 1 aromatic rings. The lowest BCUT2D eigenvalue weighted by atomic mass is 9.80. The summed E-state index contributed by atoms with van der Waals surface area (Å²) in [6.07, 6.45) is 2.29. The third-order valence-electron chi connectivity index (χ3n) is 5.77. The van der Waals surface area contributed by atoms with Crippen molar-refractivity contribution in [2.45, 2.75) is 84.0 Å². The molecule has 29 heavy (non-hydrogen) atoms. The summed E-state index contributed by atoms with van der Waals surface area (Å²) in [5.41, 5.74) is 2.21. The molecule has 0 radical (unpaired) electrons. The molecule has 3 rings (SSSR count). The minimum absolute atomic E-state index is 0.0512. The highest BCUT2D eigenvalue weighted by Crippen LogP contribution is 2.40. The van der Waals surface area contributed by atoms with Crippen LogP contribution in [0.1, 0.15) is 83.4 Å². The van der Waals surface area contributed by atoms with Crippen LogP contribution in [0.25, 0.3) is 0 Å². The zero-order chi connectivity index (χ0) is 21.3. The number of carbonyl (C=O) groups is 2. The first-order chi connectivity index (χ1) is 13.6. The molecule has 3 unspecified atom stereocenters. The highest BCUT2D eigenvalue weighted by atomic mass is 16.6. The second-order valence-corrected chi connectivity index (χ2v) is 9.63. The van der Waals surface area contributed by atoms with Crippen LogP contribution in [0.15, 0.2) is 18.2 Å². The number of benzene rings is 1. The van der Waals surface area contributed by atoms with Crippen LogP contribution in [-0.4, -0.2) is 40.3 Å². The third kappa shape index (κ3) is 4.92.